The van der Waals surface area contributed by atoms with E-state index in [1.165, 1.54) is 0 Å². The molecule has 0 saturated carbocycles. The van der Waals surface area contributed by atoms with Gasteiger partial charge in [0.15, 0.2) is 0 Å². The summed E-state index contributed by atoms with van der Waals surface area (Å²) in [7, 11) is 0. The Bertz CT molecular complexity index is 487. The van der Waals surface area contributed by atoms with Crippen LogP contribution in [0.4, 0.5) is 0 Å². The largest absolute Gasteiger partial charge is 0.481 e. The zero-order valence-electron chi connectivity index (χ0n) is 10.5. The van der Waals surface area contributed by atoms with Gasteiger partial charge in [0.2, 0.25) is 0 Å². The number of benzene rings is 1. The van der Waals surface area contributed by atoms with Crippen molar-refractivity contribution in [3.05, 3.63) is 35.9 Å². The zero-order valence-corrected chi connectivity index (χ0v) is 10.5. The van der Waals surface area contributed by atoms with Crippen molar-refractivity contribution in [2.75, 3.05) is 0 Å². The molecule has 0 saturated heterocycles. The third-order valence-electron chi connectivity index (χ3n) is 2.66. The van der Waals surface area contributed by atoms with Crippen LogP contribution in [0, 0.1) is 0 Å². The van der Waals surface area contributed by atoms with Crippen molar-refractivity contribution in [1.82, 2.24) is 5.32 Å². The SMILES string of the molecule is O=C(O)CC(N[C@H](Cc1ccccc1)C(=O)O)C(=O)O. The second-order valence-electron chi connectivity index (χ2n) is 4.24. The summed E-state index contributed by atoms with van der Waals surface area (Å²) in [5, 5.41) is 29.0. The van der Waals surface area contributed by atoms with Crippen LogP contribution in [0.3, 0.4) is 0 Å². The lowest BCUT2D eigenvalue weighted by molar-refractivity contribution is -0.147. The summed E-state index contributed by atoms with van der Waals surface area (Å²) in [4.78, 5) is 32.6. The maximum absolute atomic E-state index is 11.1. The van der Waals surface area contributed by atoms with Crippen LogP contribution in [0.25, 0.3) is 0 Å². The van der Waals surface area contributed by atoms with E-state index in [1.54, 1.807) is 30.3 Å². The first-order valence-corrected chi connectivity index (χ1v) is 5.87. The monoisotopic (exact) mass is 281 g/mol. The molecule has 0 aliphatic rings. The van der Waals surface area contributed by atoms with E-state index in [9.17, 15) is 14.4 Å². The zero-order chi connectivity index (χ0) is 15.1. The summed E-state index contributed by atoms with van der Waals surface area (Å²) in [6, 6.07) is 6.06. The van der Waals surface area contributed by atoms with Gasteiger partial charge in [-0.3, -0.25) is 19.7 Å². The molecule has 1 unspecified atom stereocenters. The average molecular weight is 281 g/mol. The normalized spacial score (nSPS) is 13.4. The average Bonchev–Trinajstić information content (AvgIpc) is 2.37. The van der Waals surface area contributed by atoms with Crippen LogP contribution in [-0.4, -0.2) is 45.3 Å². The fourth-order valence-electron chi connectivity index (χ4n) is 1.70. The van der Waals surface area contributed by atoms with Crippen LogP contribution in [0.1, 0.15) is 12.0 Å². The highest BCUT2D eigenvalue weighted by Crippen LogP contribution is 2.05. The Morgan fingerprint density at radius 3 is 1.95 bits per heavy atom. The Balaban J connectivity index is 2.77. The molecule has 7 heteroatoms. The minimum absolute atomic E-state index is 0.0690. The first-order chi connectivity index (χ1) is 9.40. The lowest BCUT2D eigenvalue weighted by Crippen LogP contribution is -2.49. The van der Waals surface area contributed by atoms with Crippen molar-refractivity contribution in [2.45, 2.75) is 24.9 Å². The molecule has 1 aromatic rings. The van der Waals surface area contributed by atoms with Crippen LogP contribution < -0.4 is 5.32 Å². The minimum Gasteiger partial charge on any atom is -0.481 e. The minimum atomic E-state index is -1.45. The molecule has 4 N–H and O–H groups in total. The van der Waals surface area contributed by atoms with E-state index >= 15 is 0 Å². The van der Waals surface area contributed by atoms with Crippen LogP contribution in [-0.2, 0) is 20.8 Å². The standard InChI is InChI=1S/C13H15NO6/c15-11(16)7-10(13(19)20)14-9(12(17)18)6-8-4-2-1-3-5-8/h1-5,9-10,14H,6-7H2,(H,15,16)(H,17,18)(H,19,20)/t9-,10?/m1/s1. The van der Waals surface area contributed by atoms with Gasteiger partial charge in [-0.05, 0) is 12.0 Å². The molecule has 7 nitrogen and oxygen atoms in total. The molecule has 0 heterocycles. The Labute approximate surface area is 114 Å². The molecule has 2 atom stereocenters. The van der Waals surface area contributed by atoms with Gasteiger partial charge >= 0.3 is 17.9 Å². The molecular weight excluding hydrogens is 266 g/mol. The van der Waals surface area contributed by atoms with Gasteiger partial charge in [-0.2, -0.15) is 0 Å². The number of aliphatic carboxylic acids is 3. The number of nitrogens with one attached hydrogen (secondary N) is 1. The molecule has 0 amide bonds. The maximum atomic E-state index is 11.1. The second kappa shape index (κ2) is 7.25. The van der Waals surface area contributed by atoms with Gasteiger partial charge < -0.3 is 15.3 Å². The number of rotatable bonds is 8. The van der Waals surface area contributed by atoms with E-state index in [2.05, 4.69) is 5.32 Å². The summed E-state index contributed by atoms with van der Waals surface area (Å²) in [5.74, 6) is -3.94. The lowest BCUT2D eigenvalue weighted by atomic mass is 10.0. The molecule has 0 fully saturated rings. The Hall–Kier alpha value is -2.41. The van der Waals surface area contributed by atoms with Crippen LogP contribution in [0.15, 0.2) is 30.3 Å². The molecule has 0 spiro atoms. The summed E-state index contributed by atoms with van der Waals surface area (Å²) in [6.45, 7) is 0. The van der Waals surface area contributed by atoms with Crippen molar-refractivity contribution in [1.29, 1.82) is 0 Å². The first kappa shape index (κ1) is 15.6. The van der Waals surface area contributed by atoms with Crippen LogP contribution in [0.5, 0.6) is 0 Å². The van der Waals surface area contributed by atoms with Gasteiger partial charge in [0.1, 0.15) is 12.1 Å². The smallest absolute Gasteiger partial charge is 0.321 e. The molecule has 0 bridgehead atoms. The van der Waals surface area contributed by atoms with Gasteiger partial charge in [0.05, 0.1) is 6.42 Å². The summed E-state index contributed by atoms with van der Waals surface area (Å²) in [5.41, 5.74) is 0.715. The number of carboxylic acid groups (broad SMARTS) is 3. The molecule has 0 radical (unpaired) electrons. The van der Waals surface area contributed by atoms with E-state index in [0.29, 0.717) is 5.56 Å². The highest BCUT2D eigenvalue weighted by atomic mass is 16.4. The van der Waals surface area contributed by atoms with Gasteiger partial charge in [-0.15, -0.1) is 0 Å². The number of carbonyl (C=O) groups is 3. The van der Waals surface area contributed by atoms with Crippen molar-refractivity contribution >= 4 is 17.9 Å². The fourth-order valence-corrected chi connectivity index (χ4v) is 1.70. The Kier molecular flexibility index (Phi) is 5.67. The lowest BCUT2D eigenvalue weighted by Gasteiger charge is -2.19. The summed E-state index contributed by atoms with van der Waals surface area (Å²) in [6.07, 6.45) is -0.618. The molecular formula is C13H15NO6. The van der Waals surface area contributed by atoms with Crippen molar-refractivity contribution < 1.29 is 29.7 Å². The first-order valence-electron chi connectivity index (χ1n) is 5.87. The van der Waals surface area contributed by atoms with Gasteiger partial charge in [-0.1, -0.05) is 30.3 Å². The maximum Gasteiger partial charge on any atom is 0.321 e. The van der Waals surface area contributed by atoms with E-state index in [-0.39, 0.29) is 6.42 Å². The van der Waals surface area contributed by atoms with E-state index in [1.807, 2.05) is 0 Å². The third-order valence-corrected chi connectivity index (χ3v) is 2.66. The summed E-state index contributed by atoms with van der Waals surface area (Å²) < 4.78 is 0. The number of carboxylic acids is 3. The molecule has 0 aliphatic heterocycles. The molecule has 108 valence electrons. The van der Waals surface area contributed by atoms with Crippen LogP contribution in [0.2, 0.25) is 0 Å². The molecule has 20 heavy (non-hydrogen) atoms. The van der Waals surface area contributed by atoms with Gasteiger partial charge in [0, 0.05) is 0 Å². The topological polar surface area (TPSA) is 124 Å². The quantitative estimate of drug-likeness (QED) is 0.536. The highest BCUT2D eigenvalue weighted by molar-refractivity contribution is 5.82. The number of hydrogen-bond acceptors (Lipinski definition) is 4. The number of hydrogen-bond donors (Lipinski definition) is 4. The summed E-state index contributed by atoms with van der Waals surface area (Å²) >= 11 is 0. The van der Waals surface area contributed by atoms with Crippen molar-refractivity contribution in [3.63, 3.8) is 0 Å². The van der Waals surface area contributed by atoms with Crippen LogP contribution >= 0.6 is 0 Å². The molecule has 0 aliphatic carbocycles. The highest BCUT2D eigenvalue weighted by Gasteiger charge is 2.27. The second-order valence-corrected chi connectivity index (χ2v) is 4.24. The predicted molar refractivity (Wildman–Crippen MR) is 68.4 cm³/mol. The molecule has 1 aromatic carbocycles. The van der Waals surface area contributed by atoms with Gasteiger partial charge in [0.25, 0.3) is 0 Å². The fraction of sp³-hybridized carbons (Fsp3) is 0.308. The predicted octanol–water partition coefficient (Wildman–Crippen LogP) is 0.200. The van der Waals surface area contributed by atoms with E-state index < -0.39 is 36.4 Å². The molecule has 0 aromatic heterocycles. The molecule has 1 rings (SSSR count). The Morgan fingerprint density at radius 2 is 1.50 bits per heavy atom. The van der Waals surface area contributed by atoms with Crippen molar-refractivity contribution in [2.24, 2.45) is 0 Å². The Morgan fingerprint density at radius 1 is 0.950 bits per heavy atom. The van der Waals surface area contributed by atoms with E-state index in [0.717, 1.165) is 0 Å². The van der Waals surface area contributed by atoms with Gasteiger partial charge in [-0.25, -0.2) is 0 Å². The van der Waals surface area contributed by atoms with E-state index in [4.69, 9.17) is 15.3 Å². The third kappa shape index (κ3) is 5.07. The van der Waals surface area contributed by atoms with Crippen molar-refractivity contribution in [3.8, 4) is 0 Å².